The zero-order valence-electron chi connectivity index (χ0n) is 11.1. The van der Waals surface area contributed by atoms with E-state index in [1.54, 1.807) is 0 Å². The third-order valence-corrected chi connectivity index (χ3v) is 3.95. The maximum absolute atomic E-state index is 5.81. The highest BCUT2D eigenvalue weighted by atomic mass is 16.5. The summed E-state index contributed by atoms with van der Waals surface area (Å²) in [5.41, 5.74) is 0.0662. The van der Waals surface area contributed by atoms with E-state index in [-0.39, 0.29) is 5.60 Å². The number of nitrogens with one attached hydrogen (secondary N) is 1. The molecule has 2 fully saturated rings. The van der Waals surface area contributed by atoms with Crippen LogP contribution in [-0.2, 0) is 4.74 Å². The largest absolute Gasteiger partial charge is 0.375 e. The summed E-state index contributed by atoms with van der Waals surface area (Å²) in [6.45, 7) is 12.3. The van der Waals surface area contributed by atoms with E-state index in [4.69, 9.17) is 4.74 Å². The fourth-order valence-electron chi connectivity index (χ4n) is 3.04. The maximum Gasteiger partial charge on any atom is 0.0641 e. The van der Waals surface area contributed by atoms with Crippen molar-refractivity contribution < 1.29 is 4.74 Å². The normalized spacial score (nSPS) is 40.9. The molecule has 3 nitrogen and oxygen atoms in total. The SMILES string of the molecule is CC1CN(C2CCOC(C)(C)C2)C(C)CN1. The molecule has 2 aliphatic rings. The zero-order chi connectivity index (χ0) is 11.8. The van der Waals surface area contributed by atoms with E-state index < -0.39 is 0 Å². The summed E-state index contributed by atoms with van der Waals surface area (Å²) in [4.78, 5) is 2.69. The number of ether oxygens (including phenoxy) is 1. The van der Waals surface area contributed by atoms with Crippen LogP contribution in [0.1, 0.15) is 40.5 Å². The number of hydrogen-bond donors (Lipinski definition) is 1. The van der Waals surface area contributed by atoms with Crippen LogP contribution in [0.25, 0.3) is 0 Å². The maximum atomic E-state index is 5.81. The number of rotatable bonds is 1. The Balaban J connectivity index is 1.99. The number of piperazine rings is 1. The Kier molecular flexibility index (Phi) is 3.57. The minimum atomic E-state index is 0.0662. The van der Waals surface area contributed by atoms with E-state index >= 15 is 0 Å². The van der Waals surface area contributed by atoms with Crippen molar-refractivity contribution in [1.82, 2.24) is 10.2 Å². The third kappa shape index (κ3) is 2.76. The smallest absolute Gasteiger partial charge is 0.0641 e. The van der Waals surface area contributed by atoms with Crippen molar-refractivity contribution in [1.29, 1.82) is 0 Å². The Labute approximate surface area is 99.5 Å². The highest BCUT2D eigenvalue weighted by Gasteiger charge is 2.35. The summed E-state index contributed by atoms with van der Waals surface area (Å²) in [6.07, 6.45) is 2.37. The van der Waals surface area contributed by atoms with Crippen molar-refractivity contribution in [3.63, 3.8) is 0 Å². The Hall–Kier alpha value is -0.120. The summed E-state index contributed by atoms with van der Waals surface area (Å²) in [5, 5.41) is 3.55. The lowest BCUT2D eigenvalue weighted by molar-refractivity contribution is -0.0922. The molecule has 0 aromatic rings. The van der Waals surface area contributed by atoms with Gasteiger partial charge in [0.15, 0.2) is 0 Å². The average molecular weight is 226 g/mol. The van der Waals surface area contributed by atoms with Gasteiger partial charge in [-0.05, 0) is 40.5 Å². The summed E-state index contributed by atoms with van der Waals surface area (Å²) in [7, 11) is 0. The van der Waals surface area contributed by atoms with E-state index in [1.165, 1.54) is 19.4 Å². The minimum Gasteiger partial charge on any atom is -0.375 e. The first kappa shape index (κ1) is 12.3. The Morgan fingerprint density at radius 1 is 1.31 bits per heavy atom. The van der Waals surface area contributed by atoms with Crippen molar-refractivity contribution in [2.24, 2.45) is 0 Å². The molecule has 2 saturated heterocycles. The molecule has 94 valence electrons. The molecule has 0 bridgehead atoms. The molecule has 0 spiro atoms. The predicted molar refractivity (Wildman–Crippen MR) is 66.7 cm³/mol. The molecule has 2 rings (SSSR count). The van der Waals surface area contributed by atoms with Crippen molar-refractivity contribution in [3.8, 4) is 0 Å². The van der Waals surface area contributed by atoms with Gasteiger partial charge in [0.1, 0.15) is 0 Å². The van der Waals surface area contributed by atoms with E-state index in [2.05, 4.69) is 37.9 Å². The van der Waals surface area contributed by atoms with Crippen molar-refractivity contribution >= 4 is 0 Å². The van der Waals surface area contributed by atoms with Gasteiger partial charge in [-0.3, -0.25) is 4.90 Å². The summed E-state index contributed by atoms with van der Waals surface area (Å²) >= 11 is 0. The van der Waals surface area contributed by atoms with Gasteiger partial charge in [-0.15, -0.1) is 0 Å². The lowest BCUT2D eigenvalue weighted by Crippen LogP contribution is -2.59. The van der Waals surface area contributed by atoms with Gasteiger partial charge in [-0.2, -0.15) is 0 Å². The molecule has 0 aliphatic carbocycles. The first-order valence-electron chi connectivity index (χ1n) is 6.61. The van der Waals surface area contributed by atoms with E-state index in [9.17, 15) is 0 Å². The predicted octanol–water partition coefficient (Wildman–Crippen LogP) is 1.63. The van der Waals surface area contributed by atoms with Crippen molar-refractivity contribution in [2.45, 2.75) is 64.3 Å². The molecule has 0 saturated carbocycles. The third-order valence-electron chi connectivity index (χ3n) is 3.95. The second-order valence-electron chi connectivity index (χ2n) is 6.11. The molecule has 3 atom stereocenters. The summed E-state index contributed by atoms with van der Waals surface area (Å²) in [6, 6.07) is 2.00. The van der Waals surface area contributed by atoms with Crippen LogP contribution in [0, 0.1) is 0 Å². The molecule has 0 radical (unpaired) electrons. The molecule has 16 heavy (non-hydrogen) atoms. The van der Waals surface area contributed by atoms with E-state index in [1.807, 2.05) is 0 Å². The Morgan fingerprint density at radius 3 is 2.75 bits per heavy atom. The van der Waals surface area contributed by atoms with Crippen LogP contribution in [0.2, 0.25) is 0 Å². The minimum absolute atomic E-state index is 0.0662. The van der Waals surface area contributed by atoms with Gasteiger partial charge in [-0.1, -0.05) is 0 Å². The molecule has 0 aromatic heterocycles. The molecular formula is C13H26N2O. The summed E-state index contributed by atoms with van der Waals surface area (Å²) in [5.74, 6) is 0. The molecule has 0 amide bonds. The number of hydrogen-bond acceptors (Lipinski definition) is 3. The Bertz CT molecular complexity index is 242. The first-order chi connectivity index (χ1) is 7.48. The van der Waals surface area contributed by atoms with Crippen LogP contribution >= 0.6 is 0 Å². The van der Waals surface area contributed by atoms with Gasteiger partial charge >= 0.3 is 0 Å². The van der Waals surface area contributed by atoms with Gasteiger partial charge in [0, 0.05) is 37.8 Å². The topological polar surface area (TPSA) is 24.5 Å². The number of nitrogens with zero attached hydrogens (tertiary/aromatic N) is 1. The van der Waals surface area contributed by atoms with Crippen molar-refractivity contribution in [2.75, 3.05) is 19.7 Å². The van der Waals surface area contributed by atoms with Gasteiger partial charge < -0.3 is 10.1 Å². The quantitative estimate of drug-likeness (QED) is 0.735. The van der Waals surface area contributed by atoms with E-state index in [0.29, 0.717) is 18.1 Å². The van der Waals surface area contributed by atoms with Crippen LogP contribution in [0.5, 0.6) is 0 Å². The fourth-order valence-corrected chi connectivity index (χ4v) is 3.04. The fraction of sp³-hybridized carbons (Fsp3) is 1.00. The van der Waals surface area contributed by atoms with Gasteiger partial charge in [-0.25, -0.2) is 0 Å². The van der Waals surface area contributed by atoms with Crippen LogP contribution in [0.3, 0.4) is 0 Å². The van der Waals surface area contributed by atoms with Crippen LogP contribution < -0.4 is 5.32 Å². The molecule has 2 heterocycles. The Morgan fingerprint density at radius 2 is 2.06 bits per heavy atom. The molecular weight excluding hydrogens is 200 g/mol. The molecule has 1 N–H and O–H groups in total. The lowest BCUT2D eigenvalue weighted by atomic mass is 9.91. The lowest BCUT2D eigenvalue weighted by Gasteiger charge is -2.47. The van der Waals surface area contributed by atoms with Crippen LogP contribution in [0.4, 0.5) is 0 Å². The average Bonchev–Trinajstić information content (AvgIpc) is 2.20. The first-order valence-corrected chi connectivity index (χ1v) is 6.61. The van der Waals surface area contributed by atoms with Gasteiger partial charge in [0.25, 0.3) is 0 Å². The van der Waals surface area contributed by atoms with Gasteiger partial charge in [0.2, 0.25) is 0 Å². The highest BCUT2D eigenvalue weighted by Crippen LogP contribution is 2.29. The second-order valence-corrected chi connectivity index (χ2v) is 6.11. The highest BCUT2D eigenvalue weighted by molar-refractivity contribution is 4.91. The zero-order valence-corrected chi connectivity index (χ0v) is 11.1. The monoisotopic (exact) mass is 226 g/mol. The van der Waals surface area contributed by atoms with Crippen LogP contribution in [-0.4, -0.2) is 48.3 Å². The molecule has 3 unspecified atom stereocenters. The molecule has 0 aromatic carbocycles. The standard InChI is InChI=1S/C13H26N2O/c1-10-9-15(11(2)8-14-10)12-5-6-16-13(3,4)7-12/h10-12,14H,5-9H2,1-4H3. The van der Waals surface area contributed by atoms with Gasteiger partial charge in [0.05, 0.1) is 5.60 Å². The van der Waals surface area contributed by atoms with Crippen molar-refractivity contribution in [3.05, 3.63) is 0 Å². The molecule has 2 aliphatic heterocycles. The second kappa shape index (κ2) is 4.63. The summed E-state index contributed by atoms with van der Waals surface area (Å²) < 4.78 is 5.81. The van der Waals surface area contributed by atoms with Crippen LogP contribution in [0.15, 0.2) is 0 Å². The van der Waals surface area contributed by atoms with E-state index in [0.717, 1.165) is 13.2 Å². The molecule has 3 heteroatoms.